The topological polar surface area (TPSA) is 60.2 Å². The van der Waals surface area contributed by atoms with Gasteiger partial charge >= 0.3 is 0 Å². The van der Waals surface area contributed by atoms with Crippen LogP contribution in [0.25, 0.3) is 22.1 Å². The van der Waals surface area contributed by atoms with Gasteiger partial charge in [0.1, 0.15) is 23.2 Å². The molecule has 0 unspecified atom stereocenters. The van der Waals surface area contributed by atoms with E-state index in [9.17, 15) is 0 Å². The van der Waals surface area contributed by atoms with Gasteiger partial charge < -0.3 is 14.5 Å². The van der Waals surface area contributed by atoms with Crippen LogP contribution in [0.15, 0.2) is 59.3 Å². The molecule has 5 heteroatoms. The molecule has 0 aliphatic rings. The van der Waals surface area contributed by atoms with Crippen molar-refractivity contribution in [1.82, 2.24) is 9.97 Å². The van der Waals surface area contributed by atoms with Crippen LogP contribution in [0, 0.1) is 0 Å². The van der Waals surface area contributed by atoms with Crippen molar-refractivity contribution < 1.29 is 9.15 Å². The third kappa shape index (κ3) is 2.54. The van der Waals surface area contributed by atoms with Gasteiger partial charge in [-0.2, -0.15) is 0 Å². The third-order valence-corrected chi connectivity index (χ3v) is 4.04. The number of rotatable bonds is 5. The van der Waals surface area contributed by atoms with Gasteiger partial charge in [0.2, 0.25) is 0 Å². The van der Waals surface area contributed by atoms with Crippen molar-refractivity contribution in [3.05, 3.63) is 60.4 Å². The number of methoxy groups -OCH3 is 1. The second-order valence-corrected chi connectivity index (χ2v) is 5.49. The van der Waals surface area contributed by atoms with E-state index < -0.39 is 0 Å². The summed E-state index contributed by atoms with van der Waals surface area (Å²) in [5, 5.41) is 4.35. The van der Waals surface area contributed by atoms with E-state index in [1.807, 2.05) is 42.5 Å². The van der Waals surface area contributed by atoms with Gasteiger partial charge in [0, 0.05) is 11.9 Å². The van der Waals surface area contributed by atoms with Crippen LogP contribution in [0.3, 0.4) is 0 Å². The van der Waals surface area contributed by atoms with Crippen molar-refractivity contribution in [3.8, 4) is 5.75 Å². The summed E-state index contributed by atoms with van der Waals surface area (Å²) in [6.07, 6.45) is 2.39. The SMILES string of the molecule is COc1ccccc1CCNc1ncnc2c1oc1ccccc12. The molecule has 0 atom stereocenters. The molecule has 2 aromatic carbocycles. The largest absolute Gasteiger partial charge is 0.496 e. The number of furan rings is 1. The molecule has 0 aliphatic carbocycles. The number of fused-ring (bicyclic) bond motifs is 3. The Balaban J connectivity index is 1.59. The number of hydrogen-bond acceptors (Lipinski definition) is 5. The molecule has 0 amide bonds. The number of benzene rings is 2. The smallest absolute Gasteiger partial charge is 0.196 e. The standard InChI is InChI=1S/C19H17N3O2/c1-23-15-8-4-2-6-13(15)10-11-20-19-18-17(21-12-22-19)14-7-3-5-9-16(14)24-18/h2-9,12H,10-11H2,1H3,(H,20,21,22). The van der Waals surface area contributed by atoms with Crippen LogP contribution in [0.1, 0.15) is 5.56 Å². The molecule has 0 spiro atoms. The summed E-state index contributed by atoms with van der Waals surface area (Å²) in [6, 6.07) is 15.9. The van der Waals surface area contributed by atoms with Crippen LogP contribution in [0.5, 0.6) is 5.75 Å². The highest BCUT2D eigenvalue weighted by molar-refractivity contribution is 6.05. The zero-order valence-corrected chi connectivity index (χ0v) is 13.3. The summed E-state index contributed by atoms with van der Waals surface area (Å²) in [7, 11) is 1.69. The zero-order chi connectivity index (χ0) is 16.4. The van der Waals surface area contributed by atoms with Crippen molar-refractivity contribution in [1.29, 1.82) is 0 Å². The van der Waals surface area contributed by atoms with Gasteiger partial charge in [-0.05, 0) is 30.2 Å². The molecule has 0 saturated heterocycles. The first kappa shape index (κ1) is 14.5. The van der Waals surface area contributed by atoms with Crippen LogP contribution in [0.2, 0.25) is 0 Å². The number of nitrogens with one attached hydrogen (secondary N) is 1. The van der Waals surface area contributed by atoms with E-state index in [0.29, 0.717) is 11.4 Å². The van der Waals surface area contributed by atoms with Crippen molar-refractivity contribution in [2.24, 2.45) is 0 Å². The lowest BCUT2D eigenvalue weighted by Gasteiger charge is -2.09. The lowest BCUT2D eigenvalue weighted by molar-refractivity contribution is 0.410. The normalized spacial score (nSPS) is 11.0. The minimum absolute atomic E-state index is 0.693. The van der Waals surface area contributed by atoms with Crippen molar-refractivity contribution >= 4 is 27.9 Å². The van der Waals surface area contributed by atoms with Crippen molar-refractivity contribution in [3.63, 3.8) is 0 Å². The summed E-state index contributed by atoms with van der Waals surface area (Å²) in [4.78, 5) is 8.69. The number of para-hydroxylation sites is 2. The Labute approximate surface area is 139 Å². The fourth-order valence-corrected chi connectivity index (χ4v) is 2.87. The summed E-state index contributed by atoms with van der Waals surface area (Å²) < 4.78 is 11.3. The minimum Gasteiger partial charge on any atom is -0.496 e. The summed E-state index contributed by atoms with van der Waals surface area (Å²) >= 11 is 0. The van der Waals surface area contributed by atoms with Gasteiger partial charge in [-0.3, -0.25) is 0 Å². The highest BCUT2D eigenvalue weighted by Gasteiger charge is 2.12. The van der Waals surface area contributed by atoms with E-state index in [1.165, 1.54) is 0 Å². The molecule has 0 bridgehead atoms. The predicted molar refractivity (Wildman–Crippen MR) is 94.5 cm³/mol. The Morgan fingerprint density at radius 2 is 1.88 bits per heavy atom. The van der Waals surface area contributed by atoms with Crippen LogP contribution < -0.4 is 10.1 Å². The molecular weight excluding hydrogens is 302 g/mol. The minimum atomic E-state index is 0.693. The molecule has 0 radical (unpaired) electrons. The highest BCUT2D eigenvalue weighted by Crippen LogP contribution is 2.30. The number of nitrogens with zero attached hydrogens (tertiary/aromatic N) is 2. The van der Waals surface area contributed by atoms with Gasteiger partial charge in [-0.25, -0.2) is 9.97 Å². The fourth-order valence-electron chi connectivity index (χ4n) is 2.87. The van der Waals surface area contributed by atoms with E-state index in [2.05, 4.69) is 21.4 Å². The molecule has 0 aliphatic heterocycles. The lowest BCUT2D eigenvalue weighted by Crippen LogP contribution is -2.07. The van der Waals surface area contributed by atoms with Gasteiger partial charge in [-0.15, -0.1) is 0 Å². The molecule has 2 heterocycles. The first-order chi connectivity index (χ1) is 11.9. The fraction of sp³-hybridized carbons (Fsp3) is 0.158. The number of hydrogen-bond donors (Lipinski definition) is 1. The molecule has 120 valence electrons. The molecule has 2 aromatic heterocycles. The highest BCUT2D eigenvalue weighted by atomic mass is 16.5. The summed E-state index contributed by atoms with van der Waals surface area (Å²) in [5.41, 5.74) is 3.50. The Bertz CT molecular complexity index is 994. The Kier molecular flexibility index (Phi) is 3.75. The van der Waals surface area contributed by atoms with Crippen LogP contribution in [-0.2, 0) is 6.42 Å². The molecule has 4 rings (SSSR count). The van der Waals surface area contributed by atoms with E-state index in [0.717, 1.165) is 40.8 Å². The monoisotopic (exact) mass is 319 g/mol. The van der Waals surface area contributed by atoms with E-state index >= 15 is 0 Å². The van der Waals surface area contributed by atoms with Crippen molar-refractivity contribution in [2.45, 2.75) is 6.42 Å². The molecule has 5 nitrogen and oxygen atoms in total. The second kappa shape index (κ2) is 6.20. The van der Waals surface area contributed by atoms with Crippen molar-refractivity contribution in [2.75, 3.05) is 19.0 Å². The number of anilines is 1. The van der Waals surface area contributed by atoms with Gasteiger partial charge in [0.15, 0.2) is 11.4 Å². The van der Waals surface area contributed by atoms with Crippen LogP contribution in [0.4, 0.5) is 5.82 Å². The molecule has 0 fully saturated rings. The Morgan fingerprint density at radius 3 is 2.79 bits per heavy atom. The molecule has 1 N–H and O–H groups in total. The maximum atomic E-state index is 5.92. The first-order valence-electron chi connectivity index (χ1n) is 7.85. The third-order valence-electron chi connectivity index (χ3n) is 4.04. The Morgan fingerprint density at radius 1 is 1.04 bits per heavy atom. The van der Waals surface area contributed by atoms with Gasteiger partial charge in [-0.1, -0.05) is 30.3 Å². The maximum Gasteiger partial charge on any atom is 0.196 e. The predicted octanol–water partition coefficient (Wildman–Crippen LogP) is 4.04. The van der Waals surface area contributed by atoms with E-state index in [4.69, 9.17) is 9.15 Å². The number of ether oxygens (including phenoxy) is 1. The maximum absolute atomic E-state index is 5.92. The average molecular weight is 319 g/mol. The average Bonchev–Trinajstić information content (AvgIpc) is 3.02. The van der Waals surface area contributed by atoms with E-state index in [-0.39, 0.29) is 0 Å². The van der Waals surface area contributed by atoms with E-state index in [1.54, 1.807) is 13.4 Å². The van der Waals surface area contributed by atoms with Crippen LogP contribution in [-0.4, -0.2) is 23.6 Å². The summed E-state index contributed by atoms with van der Waals surface area (Å²) in [6.45, 7) is 0.726. The quantitative estimate of drug-likeness (QED) is 0.601. The Hall–Kier alpha value is -3.08. The van der Waals surface area contributed by atoms with Crippen LogP contribution >= 0.6 is 0 Å². The molecule has 4 aromatic rings. The molecule has 0 saturated carbocycles. The zero-order valence-electron chi connectivity index (χ0n) is 13.3. The van der Waals surface area contributed by atoms with Gasteiger partial charge in [0.25, 0.3) is 0 Å². The summed E-state index contributed by atoms with van der Waals surface area (Å²) in [5.74, 6) is 1.61. The number of aromatic nitrogens is 2. The first-order valence-corrected chi connectivity index (χ1v) is 7.85. The van der Waals surface area contributed by atoms with Gasteiger partial charge in [0.05, 0.1) is 7.11 Å². The molecular formula is C19H17N3O2. The lowest BCUT2D eigenvalue weighted by atomic mass is 10.1. The molecule has 24 heavy (non-hydrogen) atoms. The second-order valence-electron chi connectivity index (χ2n) is 5.49.